The lowest BCUT2D eigenvalue weighted by Crippen LogP contribution is -2.21. The molecule has 1 atom stereocenters. The number of aliphatic hydroxyl groups is 2. The van der Waals surface area contributed by atoms with E-state index in [-0.39, 0.29) is 19.0 Å². The molecule has 0 radical (unpaired) electrons. The van der Waals surface area contributed by atoms with Crippen molar-refractivity contribution in [3.63, 3.8) is 0 Å². The van der Waals surface area contributed by atoms with E-state index < -0.39 is 11.9 Å². The summed E-state index contributed by atoms with van der Waals surface area (Å²) < 4.78 is 5.01. The van der Waals surface area contributed by atoms with Crippen LogP contribution in [0.1, 0.15) is 129 Å². The maximum absolute atomic E-state index is 12.1. The quantitative estimate of drug-likeness (QED) is 0.106. The lowest BCUT2D eigenvalue weighted by Gasteiger charge is -2.15. The molecule has 0 rings (SSSR count). The zero-order valence-corrected chi connectivity index (χ0v) is 20.0. The van der Waals surface area contributed by atoms with Gasteiger partial charge in [-0.15, -0.1) is 0 Å². The van der Waals surface area contributed by atoms with Crippen LogP contribution in [0.5, 0.6) is 0 Å². The highest BCUT2D eigenvalue weighted by atomic mass is 16.5. The number of aliphatic hydroxyl groups excluding tert-OH is 2. The van der Waals surface area contributed by atoms with Gasteiger partial charge in [-0.05, 0) is 18.9 Å². The molecule has 0 aliphatic rings. The molecule has 4 nitrogen and oxygen atoms in total. The summed E-state index contributed by atoms with van der Waals surface area (Å²) in [4.78, 5) is 12.1. The maximum Gasteiger partial charge on any atom is 0.316 e. The second kappa shape index (κ2) is 22.7. The van der Waals surface area contributed by atoms with Crippen LogP contribution in [0.3, 0.4) is 0 Å². The normalized spacial score (nSPS) is 12.8. The summed E-state index contributed by atoms with van der Waals surface area (Å²) in [5.41, 5.74) is 0. The molecule has 1 unspecified atom stereocenters. The van der Waals surface area contributed by atoms with Crippen molar-refractivity contribution in [1.29, 1.82) is 0 Å². The van der Waals surface area contributed by atoms with Gasteiger partial charge in [0, 0.05) is 0 Å². The van der Waals surface area contributed by atoms with Gasteiger partial charge in [0.15, 0.2) is 0 Å². The third-order valence-corrected chi connectivity index (χ3v) is 5.74. The van der Waals surface area contributed by atoms with Gasteiger partial charge < -0.3 is 14.9 Å². The van der Waals surface area contributed by atoms with E-state index in [9.17, 15) is 9.90 Å². The van der Waals surface area contributed by atoms with Gasteiger partial charge in [-0.2, -0.15) is 0 Å². The Morgan fingerprint density at radius 2 is 1.20 bits per heavy atom. The number of rotatable bonds is 22. The fraction of sp³-hybridized carbons (Fsp3) is 0.885. The zero-order valence-electron chi connectivity index (χ0n) is 20.0. The van der Waals surface area contributed by atoms with E-state index >= 15 is 0 Å². The van der Waals surface area contributed by atoms with Crippen LogP contribution in [-0.2, 0) is 9.53 Å². The van der Waals surface area contributed by atoms with Crippen LogP contribution in [0.2, 0.25) is 0 Å². The predicted molar refractivity (Wildman–Crippen MR) is 127 cm³/mol. The van der Waals surface area contributed by atoms with Crippen LogP contribution >= 0.6 is 0 Å². The minimum atomic E-state index is -0.580. The zero-order chi connectivity index (χ0) is 22.3. The molecule has 0 amide bonds. The first-order chi connectivity index (χ1) is 14.7. The number of carbonyl (C=O) groups is 1. The molecule has 4 heteroatoms. The van der Waals surface area contributed by atoms with Crippen molar-refractivity contribution in [2.75, 3.05) is 13.2 Å². The van der Waals surface area contributed by atoms with Gasteiger partial charge in [-0.3, -0.25) is 4.79 Å². The first kappa shape index (κ1) is 29.0. The SMILES string of the molecule is CCC=C(O)C(CCCCCCCCCCCCCCCCCC)C(=O)OCCO. The summed E-state index contributed by atoms with van der Waals surface area (Å²) in [6, 6.07) is 0. The molecule has 0 saturated carbocycles. The van der Waals surface area contributed by atoms with Crippen LogP contribution in [0.25, 0.3) is 0 Å². The van der Waals surface area contributed by atoms with Crippen molar-refractivity contribution in [2.24, 2.45) is 5.92 Å². The van der Waals surface area contributed by atoms with Gasteiger partial charge in [0.05, 0.1) is 6.61 Å². The molecule has 0 heterocycles. The average Bonchev–Trinajstić information content (AvgIpc) is 2.74. The van der Waals surface area contributed by atoms with Crippen molar-refractivity contribution < 1.29 is 19.7 Å². The summed E-state index contributed by atoms with van der Waals surface area (Å²) in [5.74, 6) is -0.892. The number of hydrogen-bond acceptors (Lipinski definition) is 4. The largest absolute Gasteiger partial charge is 0.512 e. The maximum atomic E-state index is 12.1. The first-order valence-corrected chi connectivity index (χ1v) is 12.8. The smallest absolute Gasteiger partial charge is 0.316 e. The van der Waals surface area contributed by atoms with Crippen LogP contribution in [0.15, 0.2) is 11.8 Å². The molecule has 0 saturated heterocycles. The Kier molecular flexibility index (Phi) is 21.9. The van der Waals surface area contributed by atoms with Crippen LogP contribution < -0.4 is 0 Å². The summed E-state index contributed by atoms with van der Waals surface area (Å²) in [7, 11) is 0. The molecule has 0 aliphatic heterocycles. The summed E-state index contributed by atoms with van der Waals surface area (Å²) in [6.07, 6.45) is 24.0. The Balaban J connectivity index is 3.61. The monoisotopic (exact) mass is 426 g/mol. The summed E-state index contributed by atoms with van der Waals surface area (Å²) in [6.45, 7) is 4.01. The number of carbonyl (C=O) groups excluding carboxylic acids is 1. The van der Waals surface area contributed by atoms with Gasteiger partial charge in [0.25, 0.3) is 0 Å². The van der Waals surface area contributed by atoms with E-state index in [4.69, 9.17) is 9.84 Å². The fourth-order valence-electron chi connectivity index (χ4n) is 3.88. The Bertz CT molecular complexity index is 406. The number of ether oxygens (including phenoxy) is 1. The molecule has 0 fully saturated rings. The van der Waals surface area contributed by atoms with Crippen LogP contribution in [0.4, 0.5) is 0 Å². The molecule has 2 N–H and O–H groups in total. The number of allylic oxidation sites excluding steroid dienone is 1. The third kappa shape index (κ3) is 17.8. The van der Waals surface area contributed by atoms with Gasteiger partial charge in [-0.1, -0.05) is 117 Å². The molecule has 30 heavy (non-hydrogen) atoms. The van der Waals surface area contributed by atoms with E-state index in [0.717, 1.165) is 12.8 Å². The molecule has 0 aromatic rings. The highest BCUT2D eigenvalue weighted by Crippen LogP contribution is 2.20. The molecule has 178 valence electrons. The van der Waals surface area contributed by atoms with Crippen molar-refractivity contribution in [3.8, 4) is 0 Å². The predicted octanol–water partition coefficient (Wildman–Crippen LogP) is 7.64. The van der Waals surface area contributed by atoms with E-state index in [1.807, 2.05) is 6.92 Å². The second-order valence-electron chi connectivity index (χ2n) is 8.57. The van der Waals surface area contributed by atoms with E-state index in [2.05, 4.69) is 6.92 Å². The highest BCUT2D eigenvalue weighted by molar-refractivity contribution is 5.75. The van der Waals surface area contributed by atoms with Gasteiger partial charge >= 0.3 is 5.97 Å². The Morgan fingerprint density at radius 1 is 0.767 bits per heavy atom. The highest BCUT2D eigenvalue weighted by Gasteiger charge is 2.23. The minimum absolute atomic E-state index is 0.00625. The lowest BCUT2D eigenvalue weighted by molar-refractivity contribution is -0.149. The van der Waals surface area contributed by atoms with E-state index in [0.29, 0.717) is 12.8 Å². The molecular formula is C26H50O4. The molecular weight excluding hydrogens is 376 g/mol. The van der Waals surface area contributed by atoms with Gasteiger partial charge in [-0.25, -0.2) is 0 Å². The Morgan fingerprint density at radius 3 is 1.60 bits per heavy atom. The lowest BCUT2D eigenvalue weighted by atomic mass is 9.97. The first-order valence-electron chi connectivity index (χ1n) is 12.8. The van der Waals surface area contributed by atoms with Gasteiger partial charge in [0.1, 0.15) is 18.3 Å². The number of unbranched alkanes of at least 4 members (excludes halogenated alkanes) is 15. The Labute approximate surface area is 186 Å². The van der Waals surface area contributed by atoms with Crippen molar-refractivity contribution in [3.05, 3.63) is 11.8 Å². The molecule has 0 spiro atoms. The second-order valence-corrected chi connectivity index (χ2v) is 8.57. The number of esters is 1. The van der Waals surface area contributed by atoms with Crippen molar-refractivity contribution in [2.45, 2.75) is 129 Å². The third-order valence-electron chi connectivity index (χ3n) is 5.74. The van der Waals surface area contributed by atoms with Crippen LogP contribution in [-0.4, -0.2) is 29.4 Å². The average molecular weight is 427 g/mol. The molecule has 0 aromatic heterocycles. The number of hydrogen-bond donors (Lipinski definition) is 2. The topological polar surface area (TPSA) is 66.8 Å². The van der Waals surface area contributed by atoms with E-state index in [1.54, 1.807) is 6.08 Å². The standard InChI is InChI=1S/C26H50O4/c1-3-5-6-7-8-9-10-11-12-13-14-15-16-17-18-19-21-24(25(28)20-4-2)26(29)30-23-22-27/h20,24,27-28H,3-19,21-23H2,1-2H3. The van der Waals surface area contributed by atoms with Crippen molar-refractivity contribution >= 4 is 5.97 Å². The molecule has 0 aromatic carbocycles. The summed E-state index contributed by atoms with van der Waals surface area (Å²) in [5, 5.41) is 18.9. The summed E-state index contributed by atoms with van der Waals surface area (Å²) >= 11 is 0. The minimum Gasteiger partial charge on any atom is -0.512 e. The van der Waals surface area contributed by atoms with E-state index in [1.165, 1.54) is 89.9 Å². The molecule has 0 bridgehead atoms. The van der Waals surface area contributed by atoms with Crippen molar-refractivity contribution in [1.82, 2.24) is 0 Å². The van der Waals surface area contributed by atoms with Gasteiger partial charge in [0.2, 0.25) is 0 Å². The Hall–Kier alpha value is -1.03. The van der Waals surface area contributed by atoms with Crippen LogP contribution in [0, 0.1) is 5.92 Å². The molecule has 0 aliphatic carbocycles. The fourth-order valence-corrected chi connectivity index (χ4v) is 3.88.